The molecular formula is C49H39N3. The van der Waals surface area contributed by atoms with E-state index >= 15 is 0 Å². The van der Waals surface area contributed by atoms with Gasteiger partial charge >= 0.3 is 0 Å². The van der Waals surface area contributed by atoms with Gasteiger partial charge in [-0.3, -0.25) is 0 Å². The maximum atomic E-state index is 4.25. The summed E-state index contributed by atoms with van der Waals surface area (Å²) in [6, 6.07) is 57.2. The van der Waals surface area contributed by atoms with Crippen LogP contribution >= 0.6 is 0 Å². The molecule has 3 nitrogen and oxygen atoms in total. The second-order valence-corrected chi connectivity index (χ2v) is 14.1. The van der Waals surface area contributed by atoms with Gasteiger partial charge in [0.1, 0.15) is 6.17 Å². The Hall–Kier alpha value is -6.45. The first kappa shape index (κ1) is 31.5. The van der Waals surface area contributed by atoms with Crippen LogP contribution < -0.4 is 10.2 Å². The van der Waals surface area contributed by atoms with Crippen molar-refractivity contribution in [2.45, 2.75) is 25.4 Å². The summed E-state index contributed by atoms with van der Waals surface area (Å²) in [5.41, 5.74) is 14.7. The summed E-state index contributed by atoms with van der Waals surface area (Å²) in [7, 11) is 0. The highest BCUT2D eigenvalue weighted by Crippen LogP contribution is 2.50. The van der Waals surface area contributed by atoms with Crippen molar-refractivity contribution in [3.05, 3.63) is 192 Å². The highest BCUT2D eigenvalue weighted by molar-refractivity contribution is 6.10. The third-order valence-electron chi connectivity index (χ3n) is 10.6. The number of hydrogen-bond donors (Lipinski definition) is 1. The van der Waals surface area contributed by atoms with Gasteiger partial charge in [0.2, 0.25) is 0 Å². The smallest absolute Gasteiger partial charge is 0.125 e. The molecule has 52 heavy (non-hydrogen) atoms. The standard InChI is InChI=1S/C49H39N3/c1-49(2)45-31-34(22-26-43(45)44-28-25-39(32-46(44)49)52(38-17-10-5-11-18-38)47-29-30-50-33-51-47)21-23-37-24-27-42(36-15-8-4-9-16-36)48-40(19-12-20-41(37)48)35-13-6-3-7-14-35/h3-33,47H,1-2H3,(H,50,51)/b23-21+. The van der Waals surface area contributed by atoms with Crippen molar-refractivity contribution in [1.29, 1.82) is 0 Å². The lowest BCUT2D eigenvalue weighted by atomic mass is 9.81. The van der Waals surface area contributed by atoms with Crippen LogP contribution in [0.15, 0.2) is 175 Å². The van der Waals surface area contributed by atoms with E-state index in [9.17, 15) is 0 Å². The van der Waals surface area contributed by atoms with Crippen molar-refractivity contribution >= 4 is 40.6 Å². The molecule has 1 N–H and O–H groups in total. The average molecular weight is 670 g/mol. The number of anilines is 2. The molecule has 9 rings (SSSR count). The molecule has 1 unspecified atom stereocenters. The molecule has 0 bridgehead atoms. The van der Waals surface area contributed by atoms with E-state index in [4.69, 9.17) is 0 Å². The molecule has 0 saturated carbocycles. The fourth-order valence-corrected chi connectivity index (χ4v) is 8.04. The van der Waals surface area contributed by atoms with Crippen LogP contribution in [0.1, 0.15) is 36.1 Å². The lowest BCUT2D eigenvalue weighted by Crippen LogP contribution is -2.42. The van der Waals surface area contributed by atoms with Crippen LogP contribution in [0.3, 0.4) is 0 Å². The topological polar surface area (TPSA) is 27.6 Å². The second kappa shape index (κ2) is 13.0. The van der Waals surface area contributed by atoms with Crippen LogP contribution in [0, 0.1) is 0 Å². The number of aliphatic imine (C=N–C) groups is 1. The van der Waals surface area contributed by atoms with Crippen LogP contribution in [0.2, 0.25) is 0 Å². The molecule has 1 aliphatic carbocycles. The highest BCUT2D eigenvalue weighted by Gasteiger charge is 2.36. The zero-order valence-corrected chi connectivity index (χ0v) is 29.4. The molecule has 7 aromatic rings. The molecule has 0 aromatic heterocycles. The minimum atomic E-state index is -0.168. The van der Waals surface area contributed by atoms with Crippen LogP contribution in [-0.4, -0.2) is 12.5 Å². The van der Waals surface area contributed by atoms with E-state index in [0.29, 0.717) is 0 Å². The van der Waals surface area contributed by atoms with Crippen molar-refractivity contribution in [2.24, 2.45) is 4.99 Å². The van der Waals surface area contributed by atoms with Gasteiger partial charge in [-0.05, 0) is 96.7 Å². The largest absolute Gasteiger partial charge is 0.352 e. The summed E-state index contributed by atoms with van der Waals surface area (Å²) in [4.78, 5) is 6.59. The van der Waals surface area contributed by atoms with E-state index in [2.05, 4.69) is 205 Å². The fourth-order valence-electron chi connectivity index (χ4n) is 8.04. The Bertz CT molecular complexity index is 2460. The Balaban J connectivity index is 1.09. The van der Waals surface area contributed by atoms with E-state index in [1.54, 1.807) is 6.34 Å². The normalized spacial score (nSPS) is 15.4. The quantitative estimate of drug-likeness (QED) is 0.171. The second-order valence-electron chi connectivity index (χ2n) is 14.1. The zero-order valence-electron chi connectivity index (χ0n) is 29.4. The minimum absolute atomic E-state index is 0.0387. The number of hydrogen-bond acceptors (Lipinski definition) is 3. The molecule has 1 heterocycles. The average Bonchev–Trinajstić information content (AvgIpc) is 3.43. The van der Waals surface area contributed by atoms with E-state index in [0.717, 1.165) is 11.4 Å². The van der Waals surface area contributed by atoms with Gasteiger partial charge < -0.3 is 10.2 Å². The van der Waals surface area contributed by atoms with Gasteiger partial charge in [-0.1, -0.05) is 159 Å². The third kappa shape index (κ3) is 5.52. The number of nitrogens with zero attached hydrogens (tertiary/aromatic N) is 2. The van der Waals surface area contributed by atoms with Gasteiger partial charge in [-0.2, -0.15) is 0 Å². The number of rotatable bonds is 7. The predicted molar refractivity (Wildman–Crippen MR) is 221 cm³/mol. The number of para-hydroxylation sites is 1. The molecule has 1 atom stereocenters. The van der Waals surface area contributed by atoms with Crippen molar-refractivity contribution in [1.82, 2.24) is 5.32 Å². The molecule has 0 radical (unpaired) electrons. The molecule has 250 valence electrons. The van der Waals surface area contributed by atoms with Gasteiger partial charge in [0.15, 0.2) is 0 Å². The first-order valence-electron chi connectivity index (χ1n) is 18.0. The number of nitrogens with one attached hydrogen (secondary N) is 1. The molecular weight excluding hydrogens is 631 g/mol. The van der Waals surface area contributed by atoms with Gasteiger partial charge in [0.05, 0.1) is 6.34 Å². The summed E-state index contributed by atoms with van der Waals surface area (Å²) in [6.45, 7) is 4.71. The Labute approximate surface area is 305 Å². The number of fused-ring (bicyclic) bond motifs is 4. The number of benzene rings is 7. The summed E-state index contributed by atoms with van der Waals surface area (Å²) >= 11 is 0. The van der Waals surface area contributed by atoms with E-state index < -0.39 is 0 Å². The summed E-state index contributed by atoms with van der Waals surface area (Å²) < 4.78 is 0. The maximum absolute atomic E-state index is 4.25. The predicted octanol–water partition coefficient (Wildman–Crippen LogP) is 12.3. The molecule has 3 heteroatoms. The molecule has 0 fully saturated rings. The van der Waals surface area contributed by atoms with Crippen LogP contribution in [0.25, 0.3) is 56.3 Å². The molecule has 0 spiro atoms. The summed E-state index contributed by atoms with van der Waals surface area (Å²) in [6.07, 6.45) is 10.2. The minimum Gasteiger partial charge on any atom is -0.352 e. The van der Waals surface area contributed by atoms with E-state index in [1.807, 2.05) is 6.20 Å². The van der Waals surface area contributed by atoms with Crippen molar-refractivity contribution < 1.29 is 0 Å². The van der Waals surface area contributed by atoms with Gasteiger partial charge in [-0.15, -0.1) is 0 Å². The first-order valence-corrected chi connectivity index (χ1v) is 18.0. The maximum Gasteiger partial charge on any atom is 0.125 e. The monoisotopic (exact) mass is 669 g/mol. The van der Waals surface area contributed by atoms with Gasteiger partial charge in [0.25, 0.3) is 0 Å². The molecule has 2 aliphatic rings. The third-order valence-corrected chi connectivity index (χ3v) is 10.6. The Morgan fingerprint density at radius 1 is 0.577 bits per heavy atom. The summed E-state index contributed by atoms with van der Waals surface area (Å²) in [5, 5.41) is 5.95. The van der Waals surface area contributed by atoms with E-state index in [-0.39, 0.29) is 11.6 Å². The lowest BCUT2D eigenvalue weighted by molar-refractivity contribution is 0.658. The Morgan fingerprint density at radius 2 is 1.21 bits per heavy atom. The van der Waals surface area contributed by atoms with Gasteiger partial charge in [-0.25, -0.2) is 4.99 Å². The lowest BCUT2D eigenvalue weighted by Gasteiger charge is -2.33. The fraction of sp³-hybridized carbons (Fsp3) is 0.0816. The van der Waals surface area contributed by atoms with Crippen LogP contribution in [-0.2, 0) is 5.41 Å². The summed E-state index contributed by atoms with van der Waals surface area (Å²) in [5.74, 6) is 0. The van der Waals surface area contributed by atoms with Crippen LogP contribution in [0.4, 0.5) is 11.4 Å². The Kier molecular flexibility index (Phi) is 7.90. The van der Waals surface area contributed by atoms with E-state index in [1.165, 1.54) is 66.4 Å². The zero-order chi connectivity index (χ0) is 35.1. The van der Waals surface area contributed by atoms with Crippen molar-refractivity contribution in [3.63, 3.8) is 0 Å². The first-order chi connectivity index (χ1) is 25.6. The molecule has 0 amide bonds. The molecule has 7 aromatic carbocycles. The van der Waals surface area contributed by atoms with Crippen molar-refractivity contribution in [3.8, 4) is 33.4 Å². The SMILES string of the molecule is CC1(C)c2cc(/C=C/c3ccc(-c4ccccc4)c4c(-c5ccccc5)cccc34)ccc2-c2ccc(N(c3ccccc3)C3C=CN=CN3)cc21. The molecule has 1 aliphatic heterocycles. The molecule has 0 saturated heterocycles. The van der Waals surface area contributed by atoms with Crippen LogP contribution in [0.5, 0.6) is 0 Å². The highest BCUT2D eigenvalue weighted by atomic mass is 15.3. The Morgan fingerprint density at radius 3 is 1.90 bits per heavy atom. The van der Waals surface area contributed by atoms with Crippen molar-refractivity contribution in [2.75, 3.05) is 4.90 Å². The van der Waals surface area contributed by atoms with Gasteiger partial charge in [0, 0.05) is 23.0 Å².